The first-order valence-electron chi connectivity index (χ1n) is 11.3. The highest BCUT2D eigenvalue weighted by Crippen LogP contribution is 2.36. The van der Waals surface area contributed by atoms with Gasteiger partial charge in [-0.25, -0.2) is 18.7 Å². The summed E-state index contributed by atoms with van der Waals surface area (Å²) in [5.41, 5.74) is -2.00. The van der Waals surface area contributed by atoms with Gasteiger partial charge >= 0.3 is 6.18 Å². The van der Waals surface area contributed by atoms with Crippen LogP contribution < -0.4 is 15.4 Å². The third kappa shape index (κ3) is 5.95. The molecule has 202 valence electrons. The number of nitrogens with zero attached hydrogens (tertiary/aromatic N) is 2. The number of hydrogen-bond acceptors (Lipinski definition) is 6. The lowest BCUT2D eigenvalue weighted by atomic mass is 10.1. The molecular weight excluding hydrogens is 658 g/mol. The van der Waals surface area contributed by atoms with E-state index in [1.165, 1.54) is 6.07 Å². The monoisotopic (exact) mass is 674 g/mol. The molecule has 0 unspecified atom stereocenters. The smallest absolute Gasteiger partial charge is 0.419 e. The zero-order valence-electron chi connectivity index (χ0n) is 19.5. The second kappa shape index (κ2) is 10.6. The maximum Gasteiger partial charge on any atom is 0.419 e. The fourth-order valence-corrected chi connectivity index (χ4v) is 5.01. The van der Waals surface area contributed by atoms with E-state index >= 15 is 0 Å². The van der Waals surface area contributed by atoms with Crippen molar-refractivity contribution in [2.45, 2.75) is 23.4 Å². The summed E-state index contributed by atoms with van der Waals surface area (Å²) in [7, 11) is 0. The van der Waals surface area contributed by atoms with E-state index in [0.717, 1.165) is 48.4 Å². The lowest BCUT2D eigenvalue weighted by Crippen LogP contribution is -2.18. The number of carbonyl (C=O) groups is 2. The van der Waals surface area contributed by atoms with Crippen LogP contribution in [0.3, 0.4) is 0 Å². The van der Waals surface area contributed by atoms with Crippen molar-refractivity contribution >= 4 is 66.9 Å². The number of pyridine rings is 1. The minimum atomic E-state index is -5.01. The lowest BCUT2D eigenvalue weighted by molar-refractivity contribution is -0.140. The van der Waals surface area contributed by atoms with Crippen LogP contribution in [0.1, 0.15) is 34.3 Å². The largest absolute Gasteiger partial charge is 0.439 e. The number of benzene rings is 2. The minimum Gasteiger partial charge on any atom is -0.439 e. The quantitative estimate of drug-likeness (QED) is 0.122. The molecule has 2 N–H and O–H groups in total. The van der Waals surface area contributed by atoms with Gasteiger partial charge in [-0.05, 0) is 37.1 Å². The zero-order chi connectivity index (χ0) is 27.9. The molecule has 14 heteroatoms. The molecule has 1 saturated carbocycles. The highest BCUT2D eigenvalue weighted by atomic mass is 127. The van der Waals surface area contributed by atoms with Gasteiger partial charge in [-0.1, -0.05) is 40.0 Å². The van der Waals surface area contributed by atoms with Gasteiger partial charge in [0.25, 0.3) is 5.91 Å². The Morgan fingerprint density at radius 3 is 2.54 bits per heavy atom. The molecule has 0 bridgehead atoms. The Labute approximate surface area is 234 Å². The van der Waals surface area contributed by atoms with Crippen molar-refractivity contribution in [3.8, 4) is 11.6 Å². The summed E-state index contributed by atoms with van der Waals surface area (Å²) in [6, 6.07) is 7.64. The summed E-state index contributed by atoms with van der Waals surface area (Å²) < 4.78 is 74.5. The first-order chi connectivity index (χ1) is 18.5. The third-order valence-corrected chi connectivity index (χ3v) is 7.42. The van der Waals surface area contributed by atoms with E-state index in [-0.39, 0.29) is 23.5 Å². The van der Waals surface area contributed by atoms with Gasteiger partial charge in [0.1, 0.15) is 27.7 Å². The van der Waals surface area contributed by atoms with Gasteiger partial charge in [-0.15, -0.1) is 0 Å². The molecule has 39 heavy (non-hydrogen) atoms. The molecule has 1 aliphatic carbocycles. The predicted molar refractivity (Wildman–Crippen MR) is 142 cm³/mol. The van der Waals surface area contributed by atoms with Gasteiger partial charge < -0.3 is 15.4 Å². The van der Waals surface area contributed by atoms with Crippen LogP contribution in [0.25, 0.3) is 10.3 Å². The van der Waals surface area contributed by atoms with Crippen LogP contribution >= 0.6 is 33.9 Å². The number of thiazole rings is 1. The van der Waals surface area contributed by atoms with Crippen LogP contribution in [0, 0.1) is 17.6 Å². The highest BCUT2D eigenvalue weighted by molar-refractivity contribution is 14.1. The van der Waals surface area contributed by atoms with E-state index in [9.17, 15) is 31.5 Å². The van der Waals surface area contributed by atoms with Gasteiger partial charge in [0.05, 0.1) is 16.8 Å². The number of halogens is 6. The average molecular weight is 674 g/mol. The van der Waals surface area contributed by atoms with E-state index < -0.39 is 40.5 Å². The standard InChI is InChI=1S/C25H16F5IN4O3S/c26-15-8-12(10-31)18(9-17(15)32-22(37)13-2-1-3-14(20(13)27)25(28,29)30)38-19-7-6-16-23(34-19)39-24(33-16)35-21(36)11-4-5-11/h1-3,6-9,11H,4-5,10H2,(H,32,37)(H,33,35,36). The molecule has 0 radical (unpaired) electrons. The summed E-state index contributed by atoms with van der Waals surface area (Å²) in [5, 5.41) is 5.27. The maximum absolute atomic E-state index is 14.8. The van der Waals surface area contributed by atoms with Crippen LogP contribution in [0.5, 0.6) is 11.6 Å². The van der Waals surface area contributed by atoms with Gasteiger partial charge in [0, 0.05) is 28.0 Å². The van der Waals surface area contributed by atoms with E-state index in [1.54, 1.807) is 6.07 Å². The van der Waals surface area contributed by atoms with Crippen molar-refractivity contribution in [2.75, 3.05) is 10.6 Å². The number of aromatic nitrogens is 2. The topological polar surface area (TPSA) is 93.2 Å². The van der Waals surface area contributed by atoms with Crippen LogP contribution in [-0.4, -0.2) is 21.8 Å². The molecule has 4 aromatic rings. The third-order valence-electron chi connectivity index (χ3n) is 5.71. The molecule has 2 heterocycles. The normalized spacial score (nSPS) is 13.4. The molecule has 0 aliphatic heterocycles. The van der Waals surface area contributed by atoms with Gasteiger partial charge in [0.15, 0.2) is 5.13 Å². The Hall–Kier alpha value is -3.40. The number of anilines is 2. The first kappa shape index (κ1) is 27.2. The Bertz CT molecular complexity index is 1610. The Kier molecular flexibility index (Phi) is 7.41. The second-order valence-corrected chi connectivity index (χ2v) is 10.3. The van der Waals surface area contributed by atoms with E-state index in [4.69, 9.17) is 4.74 Å². The van der Waals surface area contributed by atoms with E-state index in [2.05, 4.69) is 20.6 Å². The van der Waals surface area contributed by atoms with E-state index in [1.807, 2.05) is 22.6 Å². The fraction of sp³-hybridized carbons (Fsp3) is 0.200. The van der Waals surface area contributed by atoms with Gasteiger partial charge in [-0.2, -0.15) is 13.2 Å². The van der Waals surface area contributed by atoms with Crippen LogP contribution in [-0.2, 0) is 15.4 Å². The van der Waals surface area contributed by atoms with Crippen molar-refractivity contribution in [3.05, 3.63) is 70.8 Å². The minimum absolute atomic E-state index is 0.00815. The molecule has 0 atom stereocenters. The molecule has 0 spiro atoms. The summed E-state index contributed by atoms with van der Waals surface area (Å²) in [4.78, 5) is 33.8. The molecular formula is C25H16F5IN4O3S. The molecule has 1 aliphatic rings. The number of carbonyl (C=O) groups excluding carboxylic acids is 2. The predicted octanol–water partition coefficient (Wildman–Crippen LogP) is 7.32. The number of ether oxygens (including phenoxy) is 1. The lowest BCUT2D eigenvalue weighted by Gasteiger charge is -2.14. The molecule has 7 nitrogen and oxygen atoms in total. The number of fused-ring (bicyclic) bond motifs is 1. The number of hydrogen-bond donors (Lipinski definition) is 2. The molecule has 2 aromatic heterocycles. The number of rotatable bonds is 7. The van der Waals surface area contributed by atoms with E-state index in [0.29, 0.717) is 31.5 Å². The highest BCUT2D eigenvalue weighted by Gasteiger charge is 2.36. The molecule has 5 rings (SSSR count). The number of amides is 2. The Morgan fingerprint density at radius 2 is 1.85 bits per heavy atom. The van der Waals surface area contributed by atoms with Crippen molar-refractivity contribution in [3.63, 3.8) is 0 Å². The number of nitrogens with one attached hydrogen (secondary N) is 2. The second-order valence-electron chi connectivity index (χ2n) is 8.55. The summed E-state index contributed by atoms with van der Waals surface area (Å²) in [5.74, 6) is -3.78. The van der Waals surface area contributed by atoms with Gasteiger partial charge in [0.2, 0.25) is 11.8 Å². The molecule has 2 amide bonds. The zero-order valence-corrected chi connectivity index (χ0v) is 22.5. The van der Waals surface area contributed by atoms with Crippen molar-refractivity contribution in [1.82, 2.24) is 9.97 Å². The van der Waals surface area contributed by atoms with Crippen molar-refractivity contribution in [1.29, 1.82) is 0 Å². The fourth-order valence-electron chi connectivity index (χ4n) is 3.58. The summed E-state index contributed by atoms with van der Waals surface area (Å²) in [6.45, 7) is 0. The van der Waals surface area contributed by atoms with Crippen molar-refractivity contribution < 1.29 is 36.3 Å². The number of alkyl halides is 4. The first-order valence-corrected chi connectivity index (χ1v) is 13.7. The van der Waals surface area contributed by atoms with Crippen LogP contribution in [0.2, 0.25) is 0 Å². The molecule has 2 aromatic carbocycles. The maximum atomic E-state index is 14.8. The molecule has 0 saturated heterocycles. The SMILES string of the molecule is O=C(Nc1cc(Oc2ccc3nc(NC(=O)C4CC4)sc3n2)c(CI)cc1F)c1cccc(C(F)(F)F)c1F. The Balaban J connectivity index is 1.39. The Morgan fingerprint density at radius 1 is 1.08 bits per heavy atom. The van der Waals surface area contributed by atoms with Crippen LogP contribution in [0.15, 0.2) is 42.5 Å². The van der Waals surface area contributed by atoms with Crippen LogP contribution in [0.4, 0.5) is 32.8 Å². The summed E-state index contributed by atoms with van der Waals surface area (Å²) >= 11 is 3.13. The average Bonchev–Trinajstić information content (AvgIpc) is 3.66. The van der Waals surface area contributed by atoms with Crippen molar-refractivity contribution in [2.24, 2.45) is 5.92 Å². The van der Waals surface area contributed by atoms with Gasteiger partial charge in [-0.3, -0.25) is 9.59 Å². The summed E-state index contributed by atoms with van der Waals surface area (Å²) in [6.07, 6.45) is -3.31. The molecule has 1 fully saturated rings.